The zero-order chi connectivity index (χ0) is 13.7. The molecule has 0 fully saturated rings. The SMILES string of the molecule is N#Cc1ncccc1COc1ccc(Br)c(CO)c1. The van der Waals surface area contributed by atoms with Crippen molar-refractivity contribution in [3.8, 4) is 11.8 Å². The molecule has 2 rings (SSSR count). The summed E-state index contributed by atoms with van der Waals surface area (Å²) in [6.45, 7) is 0.206. The van der Waals surface area contributed by atoms with E-state index in [1.807, 2.05) is 12.1 Å². The molecule has 0 aliphatic rings. The van der Waals surface area contributed by atoms with E-state index >= 15 is 0 Å². The summed E-state index contributed by atoms with van der Waals surface area (Å²) in [5.41, 5.74) is 1.85. The van der Waals surface area contributed by atoms with Crippen LogP contribution in [0.1, 0.15) is 16.8 Å². The number of hydrogen-bond donors (Lipinski definition) is 1. The minimum absolute atomic E-state index is 0.0614. The number of aliphatic hydroxyl groups excluding tert-OH is 1. The fraction of sp³-hybridized carbons (Fsp3) is 0.143. The van der Waals surface area contributed by atoms with Crippen molar-refractivity contribution in [2.75, 3.05) is 0 Å². The number of aliphatic hydroxyl groups is 1. The first kappa shape index (κ1) is 13.5. The Balaban J connectivity index is 2.13. The van der Waals surface area contributed by atoms with Gasteiger partial charge in [0.1, 0.15) is 24.1 Å². The number of aromatic nitrogens is 1. The topological polar surface area (TPSA) is 66.1 Å². The summed E-state index contributed by atoms with van der Waals surface area (Å²) in [5.74, 6) is 0.639. The van der Waals surface area contributed by atoms with Gasteiger partial charge in [-0.25, -0.2) is 4.98 Å². The smallest absolute Gasteiger partial charge is 0.147 e. The van der Waals surface area contributed by atoms with Crippen molar-refractivity contribution in [2.45, 2.75) is 13.2 Å². The normalized spacial score (nSPS) is 9.95. The van der Waals surface area contributed by atoms with Crippen molar-refractivity contribution >= 4 is 15.9 Å². The van der Waals surface area contributed by atoms with Crippen LogP contribution in [0.3, 0.4) is 0 Å². The van der Waals surface area contributed by atoms with E-state index in [0.717, 1.165) is 15.6 Å². The summed E-state index contributed by atoms with van der Waals surface area (Å²) in [4.78, 5) is 3.97. The van der Waals surface area contributed by atoms with Gasteiger partial charge in [-0.2, -0.15) is 5.26 Å². The molecule has 4 nitrogen and oxygen atoms in total. The highest BCUT2D eigenvalue weighted by molar-refractivity contribution is 9.10. The number of ether oxygens (including phenoxy) is 1. The number of hydrogen-bond acceptors (Lipinski definition) is 4. The van der Waals surface area contributed by atoms with Gasteiger partial charge in [0, 0.05) is 16.2 Å². The van der Waals surface area contributed by atoms with E-state index in [-0.39, 0.29) is 13.2 Å². The standard InChI is InChI=1S/C14H11BrN2O2/c15-13-4-3-12(6-11(13)8-18)19-9-10-2-1-5-17-14(10)7-16/h1-6,18H,8-9H2. The first-order chi connectivity index (χ1) is 9.24. The van der Waals surface area contributed by atoms with E-state index in [4.69, 9.17) is 10.00 Å². The van der Waals surface area contributed by atoms with Gasteiger partial charge in [-0.3, -0.25) is 0 Å². The van der Waals surface area contributed by atoms with E-state index in [2.05, 4.69) is 20.9 Å². The molecule has 0 radical (unpaired) electrons. The van der Waals surface area contributed by atoms with Crippen molar-refractivity contribution < 1.29 is 9.84 Å². The van der Waals surface area contributed by atoms with Crippen LogP contribution in [0.25, 0.3) is 0 Å². The van der Waals surface area contributed by atoms with E-state index < -0.39 is 0 Å². The molecule has 0 atom stereocenters. The van der Waals surface area contributed by atoms with Crippen LogP contribution in [-0.2, 0) is 13.2 Å². The summed E-state index contributed by atoms with van der Waals surface area (Å²) in [6.07, 6.45) is 1.57. The van der Waals surface area contributed by atoms with Crippen molar-refractivity contribution in [1.82, 2.24) is 4.98 Å². The molecule has 1 heterocycles. The molecule has 0 aliphatic carbocycles. The lowest BCUT2D eigenvalue weighted by molar-refractivity contribution is 0.277. The maximum atomic E-state index is 9.17. The van der Waals surface area contributed by atoms with Gasteiger partial charge in [-0.05, 0) is 29.8 Å². The van der Waals surface area contributed by atoms with E-state index in [1.54, 1.807) is 30.5 Å². The van der Waals surface area contributed by atoms with Gasteiger partial charge >= 0.3 is 0 Å². The lowest BCUT2D eigenvalue weighted by Gasteiger charge is -2.09. The summed E-state index contributed by atoms with van der Waals surface area (Å²) in [7, 11) is 0. The van der Waals surface area contributed by atoms with Crippen LogP contribution < -0.4 is 4.74 Å². The third-order valence-corrected chi connectivity index (χ3v) is 3.35. The highest BCUT2D eigenvalue weighted by Crippen LogP contribution is 2.23. The monoisotopic (exact) mass is 318 g/mol. The molecule has 19 heavy (non-hydrogen) atoms. The van der Waals surface area contributed by atoms with Crippen LogP contribution in [0.2, 0.25) is 0 Å². The second-order valence-corrected chi connectivity index (χ2v) is 4.68. The Morgan fingerprint density at radius 2 is 2.16 bits per heavy atom. The summed E-state index contributed by atoms with van der Waals surface area (Å²) in [5, 5.41) is 18.1. The van der Waals surface area contributed by atoms with Gasteiger partial charge in [-0.1, -0.05) is 22.0 Å². The third-order valence-electron chi connectivity index (χ3n) is 2.58. The fourth-order valence-corrected chi connectivity index (χ4v) is 1.95. The van der Waals surface area contributed by atoms with Crippen LogP contribution in [0.4, 0.5) is 0 Å². The number of halogens is 1. The zero-order valence-corrected chi connectivity index (χ0v) is 11.6. The molecule has 0 unspecified atom stereocenters. The number of benzene rings is 1. The number of nitrogens with zero attached hydrogens (tertiary/aromatic N) is 2. The molecule has 1 aromatic heterocycles. The maximum Gasteiger partial charge on any atom is 0.147 e. The van der Waals surface area contributed by atoms with Gasteiger partial charge in [0.25, 0.3) is 0 Å². The molecule has 0 saturated carbocycles. The predicted molar refractivity (Wildman–Crippen MR) is 73.3 cm³/mol. The molecule has 0 spiro atoms. The number of pyridine rings is 1. The van der Waals surface area contributed by atoms with Crippen molar-refractivity contribution in [1.29, 1.82) is 5.26 Å². The highest BCUT2D eigenvalue weighted by Gasteiger charge is 2.05. The van der Waals surface area contributed by atoms with E-state index in [0.29, 0.717) is 11.4 Å². The van der Waals surface area contributed by atoms with Crippen LogP contribution >= 0.6 is 15.9 Å². The molecule has 1 aromatic carbocycles. The first-order valence-electron chi connectivity index (χ1n) is 5.60. The van der Waals surface area contributed by atoms with Crippen LogP contribution in [0.5, 0.6) is 5.75 Å². The van der Waals surface area contributed by atoms with Crippen LogP contribution in [-0.4, -0.2) is 10.1 Å². The number of rotatable bonds is 4. The molecule has 1 N–H and O–H groups in total. The maximum absolute atomic E-state index is 9.17. The van der Waals surface area contributed by atoms with E-state index in [1.165, 1.54) is 0 Å². The quantitative estimate of drug-likeness (QED) is 0.941. The van der Waals surface area contributed by atoms with Crippen LogP contribution in [0, 0.1) is 11.3 Å². The summed E-state index contributed by atoms with van der Waals surface area (Å²) in [6, 6.07) is 11.0. The third kappa shape index (κ3) is 3.31. The highest BCUT2D eigenvalue weighted by atomic mass is 79.9. The molecule has 96 valence electrons. The Morgan fingerprint density at radius 1 is 1.32 bits per heavy atom. The Bertz CT molecular complexity index is 623. The molecular weight excluding hydrogens is 308 g/mol. The summed E-state index contributed by atoms with van der Waals surface area (Å²) < 4.78 is 6.44. The van der Waals surface area contributed by atoms with Crippen molar-refractivity contribution in [3.05, 3.63) is 57.8 Å². The molecule has 0 aliphatic heterocycles. The Kier molecular flexibility index (Phi) is 4.50. The average molecular weight is 319 g/mol. The Labute approximate surface area is 119 Å². The minimum Gasteiger partial charge on any atom is -0.489 e. The Morgan fingerprint density at radius 3 is 2.89 bits per heavy atom. The van der Waals surface area contributed by atoms with Crippen molar-refractivity contribution in [3.63, 3.8) is 0 Å². The van der Waals surface area contributed by atoms with Gasteiger partial charge in [0.05, 0.1) is 6.61 Å². The minimum atomic E-state index is -0.0614. The fourth-order valence-electron chi connectivity index (χ4n) is 1.58. The molecule has 5 heteroatoms. The van der Waals surface area contributed by atoms with Crippen molar-refractivity contribution in [2.24, 2.45) is 0 Å². The van der Waals surface area contributed by atoms with Gasteiger partial charge in [0.15, 0.2) is 0 Å². The van der Waals surface area contributed by atoms with Gasteiger partial charge in [-0.15, -0.1) is 0 Å². The van der Waals surface area contributed by atoms with Crippen LogP contribution in [0.15, 0.2) is 41.0 Å². The average Bonchev–Trinajstić information content (AvgIpc) is 2.46. The van der Waals surface area contributed by atoms with Gasteiger partial charge in [0.2, 0.25) is 0 Å². The second kappa shape index (κ2) is 6.32. The zero-order valence-electron chi connectivity index (χ0n) is 10.0. The molecule has 0 saturated heterocycles. The van der Waals surface area contributed by atoms with E-state index in [9.17, 15) is 5.11 Å². The molecule has 0 amide bonds. The first-order valence-corrected chi connectivity index (χ1v) is 6.40. The molecule has 2 aromatic rings. The predicted octanol–water partition coefficient (Wildman–Crippen LogP) is 2.79. The molecular formula is C14H11BrN2O2. The largest absolute Gasteiger partial charge is 0.489 e. The summed E-state index contributed by atoms with van der Waals surface area (Å²) >= 11 is 3.34. The Hall–Kier alpha value is -1.90. The number of nitriles is 1. The van der Waals surface area contributed by atoms with Gasteiger partial charge < -0.3 is 9.84 Å². The molecule has 0 bridgehead atoms. The lowest BCUT2D eigenvalue weighted by Crippen LogP contribution is -2.00. The lowest BCUT2D eigenvalue weighted by atomic mass is 10.2. The second-order valence-electron chi connectivity index (χ2n) is 3.82.